The molecule has 258 valence electrons. The molecule has 8 nitrogen and oxygen atoms in total. The van der Waals surface area contributed by atoms with E-state index in [0.717, 1.165) is 60.7 Å². The summed E-state index contributed by atoms with van der Waals surface area (Å²) in [6, 6.07) is 6.00. The lowest BCUT2D eigenvalue weighted by Gasteiger charge is -2.61. The molecule has 6 fully saturated rings. The average molecular weight is 649 g/mol. The molecule has 2 saturated heterocycles. The van der Waals surface area contributed by atoms with Crippen molar-refractivity contribution in [1.29, 1.82) is 0 Å². The quantitative estimate of drug-likeness (QED) is 0.347. The SMILES string of the molecule is C[C@@H]1CC[C@@]2(OC1)O[C@H]1C[C@H]3[C@@H]4CC[C@@H]5CC(NC(=O)CC(=O)NCCc6ccc7c(c6)OCO7)CC[C@]5(C)[C@H]4CC[C@]3(C)[C@H]1[C@@H]2C. The van der Waals surface area contributed by atoms with Crippen molar-refractivity contribution in [2.75, 3.05) is 19.9 Å². The van der Waals surface area contributed by atoms with E-state index in [0.29, 0.717) is 53.6 Å². The molecular formula is C39H56N2O6. The molecule has 0 radical (unpaired) electrons. The highest BCUT2D eigenvalue weighted by Gasteiger charge is 2.69. The summed E-state index contributed by atoms with van der Waals surface area (Å²) >= 11 is 0. The number of ether oxygens (including phenoxy) is 4. The Morgan fingerprint density at radius 2 is 1.72 bits per heavy atom. The number of rotatable bonds is 6. The molecule has 1 spiro atoms. The number of fused-ring (bicyclic) bond motifs is 8. The van der Waals surface area contributed by atoms with Gasteiger partial charge in [-0.1, -0.05) is 33.8 Å². The zero-order valence-corrected chi connectivity index (χ0v) is 29.0. The smallest absolute Gasteiger partial charge is 0.231 e. The van der Waals surface area contributed by atoms with Crippen LogP contribution >= 0.6 is 0 Å². The van der Waals surface area contributed by atoms with Crippen LogP contribution in [0.4, 0.5) is 0 Å². The number of carbonyl (C=O) groups excluding carboxylic acids is 2. The van der Waals surface area contributed by atoms with Crippen LogP contribution in [0.3, 0.4) is 0 Å². The van der Waals surface area contributed by atoms with Crippen LogP contribution in [0.2, 0.25) is 0 Å². The number of hydrogen-bond acceptors (Lipinski definition) is 6. The van der Waals surface area contributed by atoms with Crippen LogP contribution < -0.4 is 20.1 Å². The largest absolute Gasteiger partial charge is 0.454 e. The van der Waals surface area contributed by atoms with Gasteiger partial charge in [0.25, 0.3) is 0 Å². The molecule has 1 aromatic rings. The summed E-state index contributed by atoms with van der Waals surface area (Å²) in [4.78, 5) is 25.5. The molecular weight excluding hydrogens is 592 g/mol. The maximum atomic E-state index is 12.9. The Morgan fingerprint density at radius 3 is 2.55 bits per heavy atom. The van der Waals surface area contributed by atoms with Crippen LogP contribution in [0.15, 0.2) is 18.2 Å². The number of benzene rings is 1. The van der Waals surface area contributed by atoms with Gasteiger partial charge in [0.1, 0.15) is 6.42 Å². The Morgan fingerprint density at radius 1 is 0.894 bits per heavy atom. The van der Waals surface area contributed by atoms with Crippen molar-refractivity contribution >= 4 is 11.8 Å². The molecule has 1 aromatic carbocycles. The Balaban J connectivity index is 0.832. The first-order valence-corrected chi connectivity index (χ1v) is 18.8. The summed E-state index contributed by atoms with van der Waals surface area (Å²) in [5, 5.41) is 6.17. The van der Waals surface area contributed by atoms with Gasteiger partial charge >= 0.3 is 0 Å². The normalized spacial score (nSPS) is 44.6. The first kappa shape index (κ1) is 31.9. The summed E-state index contributed by atoms with van der Waals surface area (Å²) in [5.41, 5.74) is 1.75. The van der Waals surface area contributed by atoms with E-state index in [1.54, 1.807) is 0 Å². The second-order valence-corrected chi connectivity index (χ2v) is 17.2. The van der Waals surface area contributed by atoms with Gasteiger partial charge < -0.3 is 29.6 Å². The van der Waals surface area contributed by atoms with E-state index in [1.807, 2.05) is 18.2 Å². The Bertz CT molecular complexity index is 1370. The van der Waals surface area contributed by atoms with Crippen molar-refractivity contribution in [2.24, 2.45) is 52.3 Å². The maximum Gasteiger partial charge on any atom is 0.231 e. The highest BCUT2D eigenvalue weighted by atomic mass is 16.7. The van der Waals surface area contributed by atoms with Gasteiger partial charge in [0.15, 0.2) is 17.3 Å². The third-order valence-electron chi connectivity index (χ3n) is 14.8. The second-order valence-electron chi connectivity index (χ2n) is 17.2. The molecule has 8 rings (SSSR count). The number of amides is 2. The average Bonchev–Trinajstić information content (AvgIpc) is 3.70. The van der Waals surface area contributed by atoms with Crippen LogP contribution in [0, 0.1) is 52.3 Å². The van der Waals surface area contributed by atoms with Crippen LogP contribution in [0.5, 0.6) is 11.5 Å². The fourth-order valence-electron chi connectivity index (χ4n) is 12.3. The molecule has 2 N–H and O–H groups in total. The van der Waals surface area contributed by atoms with E-state index in [1.165, 1.54) is 44.9 Å². The zero-order chi connectivity index (χ0) is 32.6. The maximum absolute atomic E-state index is 12.9. The van der Waals surface area contributed by atoms with Gasteiger partial charge in [-0.15, -0.1) is 0 Å². The molecule has 3 heterocycles. The summed E-state index contributed by atoms with van der Waals surface area (Å²) < 4.78 is 24.3. The van der Waals surface area contributed by atoms with Crippen molar-refractivity contribution in [3.63, 3.8) is 0 Å². The van der Waals surface area contributed by atoms with Crippen LogP contribution in [0.1, 0.15) is 104 Å². The minimum Gasteiger partial charge on any atom is -0.454 e. The van der Waals surface area contributed by atoms with Gasteiger partial charge in [0.05, 0.1) is 12.7 Å². The van der Waals surface area contributed by atoms with Gasteiger partial charge in [0, 0.05) is 24.9 Å². The zero-order valence-electron chi connectivity index (χ0n) is 29.0. The molecule has 0 aromatic heterocycles. The third-order valence-corrected chi connectivity index (χ3v) is 14.8. The second kappa shape index (κ2) is 11.9. The Labute approximate surface area is 280 Å². The fraction of sp³-hybridized carbons (Fsp3) is 0.795. The third kappa shape index (κ3) is 5.39. The minimum atomic E-state index is -0.339. The van der Waals surface area contributed by atoms with Crippen LogP contribution in [-0.4, -0.2) is 49.7 Å². The van der Waals surface area contributed by atoms with Gasteiger partial charge in [-0.3, -0.25) is 9.59 Å². The van der Waals surface area contributed by atoms with Crippen molar-refractivity contribution in [1.82, 2.24) is 10.6 Å². The molecule has 12 atom stereocenters. The Hall–Kier alpha value is -2.32. The van der Waals surface area contributed by atoms with Gasteiger partial charge in [-0.25, -0.2) is 0 Å². The predicted octanol–water partition coefficient (Wildman–Crippen LogP) is 6.40. The van der Waals surface area contributed by atoms with Crippen molar-refractivity contribution in [3.05, 3.63) is 23.8 Å². The van der Waals surface area contributed by atoms with Crippen molar-refractivity contribution in [3.8, 4) is 11.5 Å². The monoisotopic (exact) mass is 648 g/mol. The summed E-state index contributed by atoms with van der Waals surface area (Å²) in [5.74, 6) is 5.44. The van der Waals surface area contributed by atoms with Crippen molar-refractivity contribution < 1.29 is 28.5 Å². The molecule has 4 saturated carbocycles. The minimum absolute atomic E-state index is 0.112. The lowest BCUT2D eigenvalue weighted by molar-refractivity contribution is -0.273. The highest BCUT2D eigenvalue weighted by molar-refractivity contribution is 5.96. The molecule has 0 bridgehead atoms. The van der Waals surface area contributed by atoms with Gasteiger partial charge in [0.2, 0.25) is 18.6 Å². The van der Waals surface area contributed by atoms with E-state index >= 15 is 0 Å². The molecule has 2 amide bonds. The number of carbonyl (C=O) groups is 2. The van der Waals surface area contributed by atoms with Gasteiger partial charge in [-0.2, -0.15) is 0 Å². The standard InChI is InChI=1S/C39H56N2O6/c1-23-9-15-39(46-21-23)24(2)36-33(47-39)19-30-28-7-6-26-18-27(10-13-37(26,3)29(28)11-14-38(30,36)4)41-35(43)20-34(42)40-16-12-25-5-8-31-32(17-25)45-22-44-31/h5,8,17,23-24,26-30,33,36H,6-7,9-16,18-22H2,1-4H3,(H,40,42)(H,41,43)/t23-,24+,26-,27?,28-,29+,30+,33+,36+,37+,38+,39-/m1/s1. The van der Waals surface area contributed by atoms with Crippen LogP contribution in [-0.2, 0) is 25.5 Å². The highest BCUT2D eigenvalue weighted by Crippen LogP contribution is 2.71. The summed E-state index contributed by atoms with van der Waals surface area (Å²) in [7, 11) is 0. The van der Waals surface area contributed by atoms with E-state index in [9.17, 15) is 9.59 Å². The van der Waals surface area contributed by atoms with Crippen molar-refractivity contribution in [2.45, 2.75) is 123 Å². The molecule has 4 aliphatic carbocycles. The molecule has 8 heteroatoms. The number of nitrogens with one attached hydrogen (secondary N) is 2. The molecule has 1 unspecified atom stereocenters. The lowest BCUT2D eigenvalue weighted by Crippen LogP contribution is -2.56. The first-order chi connectivity index (χ1) is 22.6. The first-order valence-electron chi connectivity index (χ1n) is 18.8. The number of hydrogen-bond donors (Lipinski definition) is 2. The van der Waals surface area contributed by atoms with Crippen LogP contribution in [0.25, 0.3) is 0 Å². The van der Waals surface area contributed by atoms with E-state index in [4.69, 9.17) is 18.9 Å². The van der Waals surface area contributed by atoms with E-state index in [2.05, 4.69) is 38.3 Å². The van der Waals surface area contributed by atoms with E-state index in [-0.39, 0.29) is 36.9 Å². The molecule has 47 heavy (non-hydrogen) atoms. The summed E-state index contributed by atoms with van der Waals surface area (Å²) in [6.45, 7) is 11.5. The topological polar surface area (TPSA) is 95.1 Å². The van der Waals surface area contributed by atoms with E-state index < -0.39 is 0 Å². The Kier molecular flexibility index (Phi) is 8.10. The predicted molar refractivity (Wildman–Crippen MR) is 178 cm³/mol. The fourth-order valence-corrected chi connectivity index (χ4v) is 12.3. The lowest BCUT2D eigenvalue weighted by atomic mass is 9.44. The molecule has 7 aliphatic rings. The summed E-state index contributed by atoms with van der Waals surface area (Å²) in [6.07, 6.45) is 12.8. The molecule has 3 aliphatic heterocycles. The van der Waals surface area contributed by atoms with Gasteiger partial charge in [-0.05, 0) is 128 Å².